The molecule has 2 N–H and O–H groups in total. The van der Waals surface area contributed by atoms with Gasteiger partial charge in [-0.2, -0.15) is 5.10 Å². The zero-order valence-electron chi connectivity index (χ0n) is 15.7. The molecular weight excluding hydrogens is 304 g/mol. The highest BCUT2D eigenvalue weighted by Crippen LogP contribution is 2.28. The van der Waals surface area contributed by atoms with Crippen LogP contribution in [0.25, 0.3) is 0 Å². The first-order valence-corrected chi connectivity index (χ1v) is 9.03. The summed E-state index contributed by atoms with van der Waals surface area (Å²) in [4.78, 5) is 14.5. The molecule has 1 saturated carbocycles. The lowest BCUT2D eigenvalue weighted by molar-refractivity contribution is 0.132. The van der Waals surface area contributed by atoms with E-state index in [-0.39, 0.29) is 24.7 Å². The van der Waals surface area contributed by atoms with Gasteiger partial charge in [-0.15, -0.1) is 0 Å². The highest BCUT2D eigenvalue weighted by Gasteiger charge is 2.28. The molecule has 2 rings (SSSR count). The third-order valence-electron chi connectivity index (χ3n) is 5.56. The van der Waals surface area contributed by atoms with E-state index in [0.29, 0.717) is 5.92 Å². The number of carbonyl (C=O) groups is 1. The summed E-state index contributed by atoms with van der Waals surface area (Å²) in [6.07, 6.45) is 4.77. The molecule has 1 aromatic rings. The first-order chi connectivity index (χ1) is 11.4. The predicted octanol–water partition coefficient (Wildman–Crippen LogP) is 2.68. The van der Waals surface area contributed by atoms with Gasteiger partial charge in [0.15, 0.2) is 0 Å². The predicted molar refractivity (Wildman–Crippen MR) is 94.8 cm³/mol. The Hall–Kier alpha value is -1.56. The highest BCUT2D eigenvalue weighted by atomic mass is 16.3. The van der Waals surface area contributed by atoms with Crippen LogP contribution in [-0.4, -0.2) is 45.5 Å². The summed E-state index contributed by atoms with van der Waals surface area (Å²) in [5.41, 5.74) is 3.21. The molecule has 136 valence electrons. The van der Waals surface area contributed by atoms with Crippen LogP contribution in [0, 0.1) is 19.8 Å². The molecule has 1 unspecified atom stereocenters. The van der Waals surface area contributed by atoms with Crippen molar-refractivity contribution < 1.29 is 9.90 Å². The molecule has 2 amide bonds. The summed E-state index contributed by atoms with van der Waals surface area (Å²) in [5.74, 6) is 0.404. The topological polar surface area (TPSA) is 70.4 Å². The zero-order valence-corrected chi connectivity index (χ0v) is 15.7. The fourth-order valence-corrected chi connectivity index (χ4v) is 3.80. The molecule has 1 aliphatic rings. The van der Waals surface area contributed by atoms with Crippen molar-refractivity contribution in [1.82, 2.24) is 20.0 Å². The van der Waals surface area contributed by atoms with Crippen molar-refractivity contribution in [1.29, 1.82) is 0 Å². The average Bonchev–Trinajstić information content (AvgIpc) is 2.84. The maximum atomic E-state index is 12.7. The molecule has 6 heteroatoms. The number of carbonyl (C=O) groups excluding carboxylic acids is 1. The largest absolute Gasteiger partial charge is 0.396 e. The number of aromatic nitrogens is 2. The van der Waals surface area contributed by atoms with Gasteiger partial charge in [0.25, 0.3) is 0 Å². The molecular formula is C18H32N4O2. The fourth-order valence-electron chi connectivity index (χ4n) is 3.80. The van der Waals surface area contributed by atoms with E-state index < -0.39 is 0 Å². The van der Waals surface area contributed by atoms with Crippen LogP contribution in [-0.2, 0) is 7.05 Å². The summed E-state index contributed by atoms with van der Waals surface area (Å²) < 4.78 is 1.87. The van der Waals surface area contributed by atoms with E-state index in [2.05, 4.69) is 17.3 Å². The van der Waals surface area contributed by atoms with Gasteiger partial charge in [0.1, 0.15) is 0 Å². The SMILES string of the molecule is CCC(NC(=O)N(C)C1CCC(CO)CC1)c1c(C)nn(C)c1C. The van der Waals surface area contributed by atoms with Gasteiger partial charge < -0.3 is 15.3 Å². The molecule has 1 aromatic heterocycles. The molecule has 1 fully saturated rings. The lowest BCUT2D eigenvalue weighted by Gasteiger charge is -2.35. The monoisotopic (exact) mass is 336 g/mol. The fraction of sp³-hybridized carbons (Fsp3) is 0.778. The first-order valence-electron chi connectivity index (χ1n) is 9.03. The normalized spacial score (nSPS) is 22.2. The van der Waals surface area contributed by atoms with E-state index in [9.17, 15) is 9.90 Å². The van der Waals surface area contributed by atoms with Gasteiger partial charge in [-0.3, -0.25) is 4.68 Å². The molecule has 24 heavy (non-hydrogen) atoms. The first kappa shape index (κ1) is 18.8. The second-order valence-corrected chi connectivity index (χ2v) is 7.09. The van der Waals surface area contributed by atoms with Crippen LogP contribution in [0.1, 0.15) is 62.0 Å². The number of nitrogens with one attached hydrogen (secondary N) is 1. The Morgan fingerprint density at radius 1 is 1.38 bits per heavy atom. The zero-order chi connectivity index (χ0) is 17.9. The quantitative estimate of drug-likeness (QED) is 0.868. The summed E-state index contributed by atoms with van der Waals surface area (Å²) in [5, 5.41) is 16.9. The van der Waals surface area contributed by atoms with Gasteiger partial charge in [0.2, 0.25) is 0 Å². The van der Waals surface area contributed by atoms with Crippen molar-refractivity contribution in [3.63, 3.8) is 0 Å². The van der Waals surface area contributed by atoms with E-state index >= 15 is 0 Å². The van der Waals surface area contributed by atoms with Crippen LogP contribution in [0.3, 0.4) is 0 Å². The number of hydrogen-bond acceptors (Lipinski definition) is 3. The number of aliphatic hydroxyl groups is 1. The second-order valence-electron chi connectivity index (χ2n) is 7.09. The summed E-state index contributed by atoms with van der Waals surface area (Å²) in [6, 6.07) is 0.237. The van der Waals surface area contributed by atoms with Gasteiger partial charge in [-0.05, 0) is 51.9 Å². The molecule has 0 radical (unpaired) electrons. The van der Waals surface area contributed by atoms with E-state index in [1.807, 2.05) is 37.5 Å². The number of aryl methyl sites for hydroxylation is 2. The molecule has 0 aliphatic heterocycles. The van der Waals surface area contributed by atoms with Gasteiger partial charge in [0.05, 0.1) is 11.7 Å². The molecule has 0 saturated heterocycles. The van der Waals surface area contributed by atoms with Crippen molar-refractivity contribution in [2.24, 2.45) is 13.0 Å². The molecule has 6 nitrogen and oxygen atoms in total. The Bertz CT molecular complexity index is 562. The third kappa shape index (κ3) is 3.91. The number of rotatable bonds is 5. The average molecular weight is 336 g/mol. The second kappa shape index (κ2) is 8.01. The van der Waals surface area contributed by atoms with Gasteiger partial charge in [-0.1, -0.05) is 6.92 Å². The maximum absolute atomic E-state index is 12.7. The minimum absolute atomic E-state index is 0.0116. The number of amides is 2. The molecule has 0 spiro atoms. The Kier molecular flexibility index (Phi) is 6.27. The van der Waals surface area contributed by atoms with Crippen LogP contribution in [0.4, 0.5) is 4.79 Å². The summed E-state index contributed by atoms with van der Waals surface area (Å²) >= 11 is 0. The van der Waals surface area contributed by atoms with Crippen molar-refractivity contribution in [2.45, 2.75) is 65.0 Å². The lowest BCUT2D eigenvalue weighted by atomic mass is 9.86. The van der Waals surface area contributed by atoms with E-state index in [1.54, 1.807) is 0 Å². The number of urea groups is 1. The standard InChI is InChI=1S/C18H32N4O2/c1-6-16(17-12(2)20-22(5)13(17)3)19-18(24)21(4)15-9-7-14(11-23)8-10-15/h14-16,23H,6-11H2,1-5H3,(H,19,24). The molecule has 0 aromatic carbocycles. The van der Waals surface area contributed by atoms with Gasteiger partial charge >= 0.3 is 6.03 Å². The van der Waals surface area contributed by atoms with Crippen LogP contribution in [0.15, 0.2) is 0 Å². The van der Waals surface area contributed by atoms with Gasteiger partial charge in [0, 0.05) is 38.0 Å². The minimum atomic E-state index is -0.0167. The summed E-state index contributed by atoms with van der Waals surface area (Å²) in [7, 11) is 3.82. The molecule has 1 atom stereocenters. The number of hydrogen-bond donors (Lipinski definition) is 2. The Balaban J connectivity index is 2.01. The van der Waals surface area contributed by atoms with Crippen molar-refractivity contribution >= 4 is 6.03 Å². The maximum Gasteiger partial charge on any atom is 0.317 e. The van der Waals surface area contributed by atoms with Gasteiger partial charge in [-0.25, -0.2) is 4.79 Å². The Labute approximate surface area is 145 Å². The lowest BCUT2D eigenvalue weighted by Crippen LogP contribution is -2.46. The molecule has 1 heterocycles. The van der Waals surface area contributed by atoms with E-state index in [4.69, 9.17) is 0 Å². The Morgan fingerprint density at radius 3 is 2.46 bits per heavy atom. The number of aliphatic hydroxyl groups excluding tert-OH is 1. The van der Waals surface area contributed by atoms with Crippen LogP contribution in [0.5, 0.6) is 0 Å². The smallest absolute Gasteiger partial charge is 0.317 e. The van der Waals surface area contributed by atoms with Crippen LogP contribution in [0.2, 0.25) is 0 Å². The number of nitrogens with zero attached hydrogens (tertiary/aromatic N) is 3. The van der Waals surface area contributed by atoms with Crippen molar-refractivity contribution in [3.8, 4) is 0 Å². The van der Waals surface area contributed by atoms with Crippen molar-refractivity contribution in [2.75, 3.05) is 13.7 Å². The van der Waals surface area contributed by atoms with E-state index in [0.717, 1.165) is 49.1 Å². The van der Waals surface area contributed by atoms with Crippen LogP contribution < -0.4 is 5.32 Å². The minimum Gasteiger partial charge on any atom is -0.396 e. The summed E-state index contributed by atoms with van der Waals surface area (Å²) in [6.45, 7) is 6.39. The van der Waals surface area contributed by atoms with Crippen LogP contribution >= 0.6 is 0 Å². The molecule has 1 aliphatic carbocycles. The van der Waals surface area contributed by atoms with E-state index in [1.165, 1.54) is 0 Å². The Morgan fingerprint density at radius 2 is 2.00 bits per heavy atom. The molecule has 0 bridgehead atoms. The van der Waals surface area contributed by atoms with Crippen molar-refractivity contribution in [3.05, 3.63) is 17.0 Å². The highest BCUT2D eigenvalue weighted by molar-refractivity contribution is 5.75. The third-order valence-corrected chi connectivity index (χ3v) is 5.56.